The summed E-state index contributed by atoms with van der Waals surface area (Å²) < 4.78 is 19.8. The Morgan fingerprint density at radius 1 is 0.208 bits per heavy atom. The molecule has 5 aromatic heterocycles. The number of aromatic nitrogens is 3. The summed E-state index contributed by atoms with van der Waals surface area (Å²) in [4.78, 5) is 0. The van der Waals surface area contributed by atoms with Gasteiger partial charge in [-0.3, -0.25) is 0 Å². The number of benzene rings is 12. The van der Waals surface area contributed by atoms with E-state index in [1.807, 2.05) is 24.3 Å². The number of nitrogens with zero attached hydrogens (tertiary/aromatic N) is 3. The van der Waals surface area contributed by atoms with E-state index in [4.69, 9.17) is 8.83 Å². The quantitative estimate of drug-likeness (QED) is 0.167. The zero-order valence-electron chi connectivity index (χ0n) is 41.5. The van der Waals surface area contributed by atoms with Crippen LogP contribution in [0, 0.1) is 0 Å². The van der Waals surface area contributed by atoms with Gasteiger partial charge in [0.1, 0.15) is 22.3 Å². The van der Waals surface area contributed by atoms with E-state index in [1.54, 1.807) is 0 Å². The number of hydrogen-bond acceptors (Lipinski definition) is 2. The van der Waals surface area contributed by atoms with Crippen LogP contribution in [0.2, 0.25) is 0 Å². The highest BCUT2D eigenvalue weighted by Gasteiger charge is 2.23. The molecule has 358 valence electrons. The Hall–Kier alpha value is -10.4. The first-order valence-corrected chi connectivity index (χ1v) is 26.3. The molecule has 5 heterocycles. The van der Waals surface area contributed by atoms with E-state index in [9.17, 15) is 0 Å². The summed E-state index contributed by atoms with van der Waals surface area (Å²) in [7, 11) is 0. The van der Waals surface area contributed by atoms with Crippen molar-refractivity contribution in [3.63, 3.8) is 0 Å². The number of hydrogen-bond donors (Lipinski definition) is 0. The van der Waals surface area contributed by atoms with Crippen molar-refractivity contribution in [3.8, 4) is 50.4 Å². The smallest absolute Gasteiger partial charge is 0.135 e. The molecule has 0 aliphatic heterocycles. The average molecular weight is 982 g/mol. The lowest BCUT2D eigenvalue weighted by atomic mass is 9.98. The molecule has 0 atom stereocenters. The first kappa shape index (κ1) is 42.0. The van der Waals surface area contributed by atoms with E-state index in [0.717, 1.165) is 99.8 Å². The molecule has 0 radical (unpaired) electrons. The highest BCUT2D eigenvalue weighted by Crippen LogP contribution is 2.45. The predicted molar refractivity (Wildman–Crippen MR) is 320 cm³/mol. The lowest BCUT2D eigenvalue weighted by Gasteiger charge is -2.11. The molecule has 0 spiro atoms. The van der Waals surface area contributed by atoms with Crippen LogP contribution < -0.4 is 0 Å². The van der Waals surface area contributed by atoms with Crippen molar-refractivity contribution < 1.29 is 8.83 Å². The van der Waals surface area contributed by atoms with Crippen molar-refractivity contribution in [2.24, 2.45) is 0 Å². The second kappa shape index (κ2) is 16.1. The third kappa shape index (κ3) is 6.23. The van der Waals surface area contributed by atoms with Gasteiger partial charge in [-0.05, 0) is 155 Å². The second-order valence-corrected chi connectivity index (χ2v) is 20.4. The average Bonchev–Trinajstić information content (AvgIpc) is 4.30. The van der Waals surface area contributed by atoms with Gasteiger partial charge in [-0.25, -0.2) is 0 Å². The SMILES string of the molecule is c1ccc(-n2c3ccccc3c3c2ccc2c4cc(-c5ccc6c(c5)c5cc(-c7ccc8oc9ccccc9c8c7)ccc5n6-c5ccc(-c6ccc7oc8ccccc8c7c6)cc5)ccc4n(-c4ccccc4)c23)cc1. The molecule has 77 heavy (non-hydrogen) atoms. The summed E-state index contributed by atoms with van der Waals surface area (Å²) >= 11 is 0. The highest BCUT2D eigenvalue weighted by molar-refractivity contribution is 6.26. The number of furan rings is 2. The summed E-state index contributed by atoms with van der Waals surface area (Å²) in [5, 5.41) is 11.8. The maximum atomic E-state index is 6.27. The van der Waals surface area contributed by atoms with E-state index >= 15 is 0 Å². The fourth-order valence-corrected chi connectivity index (χ4v) is 12.7. The maximum absolute atomic E-state index is 6.27. The molecule has 0 fully saturated rings. The summed E-state index contributed by atoms with van der Waals surface area (Å²) in [5.74, 6) is 0. The third-order valence-electron chi connectivity index (χ3n) is 16.2. The summed E-state index contributed by atoms with van der Waals surface area (Å²) in [6, 6.07) is 94.8. The molecule has 17 rings (SSSR count). The lowest BCUT2D eigenvalue weighted by molar-refractivity contribution is 0.668. The second-order valence-electron chi connectivity index (χ2n) is 20.4. The molecule has 0 unspecified atom stereocenters. The van der Waals surface area contributed by atoms with Gasteiger partial charge in [-0.1, -0.05) is 140 Å². The normalized spacial score (nSPS) is 12.2. The number of fused-ring (bicyclic) bond motifs is 16. The molecule has 12 aromatic carbocycles. The number of rotatable bonds is 6. The van der Waals surface area contributed by atoms with Crippen LogP contribution in [0.4, 0.5) is 0 Å². The van der Waals surface area contributed by atoms with Crippen LogP contribution in [0.1, 0.15) is 0 Å². The Kier molecular flexibility index (Phi) is 8.77. The van der Waals surface area contributed by atoms with E-state index in [1.165, 1.54) is 59.9 Å². The molecule has 5 heteroatoms. The van der Waals surface area contributed by atoms with Crippen LogP contribution in [0.3, 0.4) is 0 Å². The highest BCUT2D eigenvalue weighted by atomic mass is 16.3. The predicted octanol–water partition coefficient (Wildman–Crippen LogP) is 19.8. The van der Waals surface area contributed by atoms with Gasteiger partial charge in [-0.2, -0.15) is 0 Å². The largest absolute Gasteiger partial charge is 0.456 e. The molecular formula is C72H43N3O2. The van der Waals surface area contributed by atoms with Gasteiger partial charge in [0.2, 0.25) is 0 Å². The Labute approximate surface area is 440 Å². The van der Waals surface area contributed by atoms with Gasteiger partial charge < -0.3 is 22.5 Å². The van der Waals surface area contributed by atoms with E-state index in [0.29, 0.717) is 0 Å². The van der Waals surface area contributed by atoms with Crippen molar-refractivity contribution in [2.45, 2.75) is 0 Å². The zero-order chi connectivity index (χ0) is 50.3. The summed E-state index contributed by atoms with van der Waals surface area (Å²) in [5.41, 5.74) is 21.0. The van der Waals surface area contributed by atoms with Crippen molar-refractivity contribution in [3.05, 3.63) is 261 Å². The molecule has 0 aliphatic carbocycles. The lowest BCUT2D eigenvalue weighted by Crippen LogP contribution is -1.95. The van der Waals surface area contributed by atoms with Crippen molar-refractivity contribution in [1.82, 2.24) is 13.7 Å². The van der Waals surface area contributed by atoms with E-state index < -0.39 is 0 Å². The fraction of sp³-hybridized carbons (Fsp3) is 0. The number of para-hydroxylation sites is 5. The van der Waals surface area contributed by atoms with Crippen molar-refractivity contribution in [1.29, 1.82) is 0 Å². The molecule has 0 aliphatic rings. The molecular weight excluding hydrogens is 939 g/mol. The van der Waals surface area contributed by atoms with Gasteiger partial charge in [0, 0.05) is 70.9 Å². The molecule has 0 saturated carbocycles. The summed E-state index contributed by atoms with van der Waals surface area (Å²) in [6.07, 6.45) is 0. The van der Waals surface area contributed by atoms with Crippen LogP contribution in [0.15, 0.2) is 270 Å². The van der Waals surface area contributed by atoms with Gasteiger partial charge in [0.15, 0.2) is 0 Å². The first-order valence-electron chi connectivity index (χ1n) is 26.3. The van der Waals surface area contributed by atoms with Gasteiger partial charge in [0.25, 0.3) is 0 Å². The van der Waals surface area contributed by atoms with Crippen LogP contribution in [-0.2, 0) is 0 Å². The molecule has 0 bridgehead atoms. The molecule has 0 amide bonds. The van der Waals surface area contributed by atoms with Gasteiger partial charge in [0.05, 0.1) is 33.1 Å². The molecule has 5 nitrogen and oxygen atoms in total. The Bertz CT molecular complexity index is 5260. The summed E-state index contributed by atoms with van der Waals surface area (Å²) in [6.45, 7) is 0. The minimum atomic E-state index is 0.894. The van der Waals surface area contributed by atoms with Crippen LogP contribution in [0.25, 0.3) is 160 Å². The standard InChI is InChI=1S/C72H43N3O2/c1-3-13-50(14-4-1)74-62-20-10-7-19-56(62)71-66(74)36-32-55-57-39-46(27-35-65(57)75(72(55)71)51-15-5-2-6-16-51)47-25-33-63-58(40-47)59-41-48(49-29-38-70-61(43-49)54-18-9-12-22-68(54)77-70)26-34-64(59)73(63)52-30-23-44(24-31-52)45-28-37-69-60(42-45)53-17-8-11-21-67(53)76-69/h1-43H. The molecule has 17 aromatic rings. The zero-order valence-corrected chi connectivity index (χ0v) is 41.5. The van der Waals surface area contributed by atoms with Crippen molar-refractivity contribution in [2.75, 3.05) is 0 Å². The van der Waals surface area contributed by atoms with Crippen LogP contribution in [-0.4, -0.2) is 13.7 Å². The Morgan fingerprint density at radius 3 is 1.14 bits per heavy atom. The Balaban J connectivity index is 0.857. The topological polar surface area (TPSA) is 41.1 Å². The van der Waals surface area contributed by atoms with Crippen molar-refractivity contribution >= 4 is 109 Å². The van der Waals surface area contributed by atoms with Crippen LogP contribution >= 0.6 is 0 Å². The minimum absolute atomic E-state index is 0.894. The van der Waals surface area contributed by atoms with Gasteiger partial charge in [-0.15, -0.1) is 0 Å². The maximum Gasteiger partial charge on any atom is 0.135 e. The fourth-order valence-electron chi connectivity index (χ4n) is 12.7. The third-order valence-corrected chi connectivity index (χ3v) is 16.2. The molecule has 0 N–H and O–H groups in total. The molecule has 0 saturated heterocycles. The van der Waals surface area contributed by atoms with Crippen LogP contribution in [0.5, 0.6) is 0 Å². The first-order chi connectivity index (χ1) is 38.2. The van der Waals surface area contributed by atoms with E-state index in [2.05, 4.69) is 250 Å². The monoisotopic (exact) mass is 981 g/mol. The van der Waals surface area contributed by atoms with E-state index in [-0.39, 0.29) is 0 Å². The Morgan fingerprint density at radius 2 is 0.571 bits per heavy atom. The minimum Gasteiger partial charge on any atom is -0.456 e. The van der Waals surface area contributed by atoms with Gasteiger partial charge >= 0.3 is 0 Å².